The van der Waals surface area contributed by atoms with Gasteiger partial charge in [0.1, 0.15) is 5.82 Å². The molecule has 3 aromatic rings. The van der Waals surface area contributed by atoms with Gasteiger partial charge in [0.15, 0.2) is 0 Å². The molecule has 136 valence electrons. The maximum absolute atomic E-state index is 13.4. The van der Waals surface area contributed by atoms with Crippen molar-refractivity contribution < 1.29 is 9.18 Å². The van der Waals surface area contributed by atoms with Crippen LogP contribution in [0.25, 0.3) is 10.9 Å². The molecular weight excluding hydrogens is 327 g/mol. The second-order valence-electron chi connectivity index (χ2n) is 7.00. The van der Waals surface area contributed by atoms with Crippen molar-refractivity contribution in [2.75, 3.05) is 6.54 Å². The Morgan fingerprint density at radius 2 is 1.88 bits per heavy atom. The van der Waals surface area contributed by atoms with Crippen LogP contribution in [0.5, 0.6) is 0 Å². The molecule has 0 fully saturated rings. The summed E-state index contributed by atoms with van der Waals surface area (Å²) in [7, 11) is 0. The summed E-state index contributed by atoms with van der Waals surface area (Å²) < 4.78 is 13.4. The molecule has 0 spiro atoms. The van der Waals surface area contributed by atoms with Gasteiger partial charge in [-0.25, -0.2) is 4.39 Å². The van der Waals surface area contributed by atoms with Crippen LogP contribution < -0.4 is 5.32 Å². The number of aromatic nitrogens is 1. The number of aryl methyl sites for hydroxylation is 1. The maximum Gasteiger partial charge on any atom is 0.220 e. The Morgan fingerprint density at radius 1 is 1.12 bits per heavy atom. The third kappa shape index (κ3) is 4.51. The third-order valence-electron chi connectivity index (χ3n) is 4.73. The first-order valence-corrected chi connectivity index (χ1v) is 9.14. The highest BCUT2D eigenvalue weighted by Crippen LogP contribution is 2.19. The molecule has 3 rings (SSSR count). The van der Waals surface area contributed by atoms with Crippen LogP contribution in [-0.2, 0) is 17.6 Å². The lowest BCUT2D eigenvalue weighted by Gasteiger charge is -2.08. The molecule has 1 amide bonds. The molecule has 3 nitrogen and oxygen atoms in total. The summed E-state index contributed by atoms with van der Waals surface area (Å²) in [5.41, 5.74) is 4.42. The summed E-state index contributed by atoms with van der Waals surface area (Å²) in [5, 5.41) is 3.83. The number of aromatic amines is 1. The minimum Gasteiger partial charge on any atom is -0.361 e. The van der Waals surface area contributed by atoms with Crippen LogP contribution in [0.3, 0.4) is 0 Å². The van der Waals surface area contributed by atoms with Gasteiger partial charge in [-0.15, -0.1) is 0 Å². The molecule has 0 radical (unpaired) electrons. The monoisotopic (exact) mass is 352 g/mol. The molecule has 0 saturated heterocycles. The number of nitrogens with one attached hydrogen (secondary N) is 2. The van der Waals surface area contributed by atoms with Crippen LogP contribution >= 0.6 is 0 Å². The largest absolute Gasteiger partial charge is 0.361 e. The molecular formula is C22H25FN2O. The van der Waals surface area contributed by atoms with Gasteiger partial charge in [0.2, 0.25) is 5.91 Å². The van der Waals surface area contributed by atoms with Crippen LogP contribution in [0.1, 0.15) is 42.9 Å². The molecule has 1 heterocycles. The van der Waals surface area contributed by atoms with E-state index in [1.54, 1.807) is 6.07 Å². The van der Waals surface area contributed by atoms with Crippen LogP contribution in [0, 0.1) is 5.82 Å². The Labute approximate surface area is 153 Å². The fourth-order valence-corrected chi connectivity index (χ4v) is 3.11. The number of hydrogen-bond acceptors (Lipinski definition) is 1. The second-order valence-corrected chi connectivity index (χ2v) is 7.00. The lowest BCUT2D eigenvalue weighted by molar-refractivity contribution is -0.121. The van der Waals surface area contributed by atoms with E-state index in [1.165, 1.54) is 23.3 Å². The highest BCUT2D eigenvalue weighted by molar-refractivity contribution is 5.83. The molecule has 0 saturated carbocycles. The van der Waals surface area contributed by atoms with Crippen molar-refractivity contribution in [3.8, 4) is 0 Å². The van der Waals surface area contributed by atoms with E-state index in [0.717, 1.165) is 22.9 Å². The highest BCUT2D eigenvalue weighted by atomic mass is 19.1. The zero-order valence-electron chi connectivity index (χ0n) is 15.3. The zero-order chi connectivity index (χ0) is 18.5. The lowest BCUT2D eigenvalue weighted by Crippen LogP contribution is -2.25. The van der Waals surface area contributed by atoms with E-state index in [1.807, 2.05) is 6.20 Å². The number of hydrogen-bond donors (Lipinski definition) is 2. The predicted octanol–water partition coefficient (Wildman–Crippen LogP) is 4.72. The lowest BCUT2D eigenvalue weighted by atomic mass is 10.0. The van der Waals surface area contributed by atoms with Gasteiger partial charge in [0.05, 0.1) is 0 Å². The maximum atomic E-state index is 13.4. The first kappa shape index (κ1) is 18.2. The molecule has 0 bridgehead atoms. The average Bonchev–Trinajstić information content (AvgIpc) is 3.02. The van der Waals surface area contributed by atoms with Crippen molar-refractivity contribution in [3.63, 3.8) is 0 Å². The highest BCUT2D eigenvalue weighted by Gasteiger charge is 2.07. The topological polar surface area (TPSA) is 44.9 Å². The van der Waals surface area contributed by atoms with Gasteiger partial charge in [-0.2, -0.15) is 0 Å². The Kier molecular flexibility index (Phi) is 5.71. The minimum atomic E-state index is -0.245. The van der Waals surface area contributed by atoms with Gasteiger partial charge in [-0.3, -0.25) is 4.79 Å². The van der Waals surface area contributed by atoms with Crippen LogP contribution in [0.2, 0.25) is 0 Å². The number of benzene rings is 2. The molecule has 2 aromatic carbocycles. The minimum absolute atomic E-state index is 0.0453. The molecule has 0 aliphatic rings. The fourth-order valence-electron chi connectivity index (χ4n) is 3.11. The quantitative estimate of drug-likeness (QED) is 0.635. The summed E-state index contributed by atoms with van der Waals surface area (Å²) in [6.45, 7) is 4.89. The molecule has 2 N–H and O–H groups in total. The zero-order valence-corrected chi connectivity index (χ0v) is 15.3. The van der Waals surface area contributed by atoms with E-state index >= 15 is 0 Å². The number of rotatable bonds is 7. The first-order chi connectivity index (χ1) is 12.5. The van der Waals surface area contributed by atoms with Crippen molar-refractivity contribution >= 4 is 16.8 Å². The molecule has 0 aliphatic carbocycles. The summed E-state index contributed by atoms with van der Waals surface area (Å²) in [6, 6.07) is 13.2. The van der Waals surface area contributed by atoms with Gasteiger partial charge in [-0.1, -0.05) is 38.1 Å². The van der Waals surface area contributed by atoms with Crippen LogP contribution in [0.4, 0.5) is 4.39 Å². The summed E-state index contributed by atoms with van der Waals surface area (Å²) in [4.78, 5) is 15.2. The number of H-pyrrole nitrogens is 1. The SMILES string of the molecule is CC(C)c1ccc(CCC(=O)NCCc2c[nH]c3ccc(F)cc23)cc1. The Hall–Kier alpha value is -2.62. The van der Waals surface area contributed by atoms with E-state index in [9.17, 15) is 9.18 Å². The van der Waals surface area contributed by atoms with Crippen molar-refractivity contribution in [2.45, 2.75) is 39.0 Å². The summed E-state index contributed by atoms with van der Waals surface area (Å²) in [6.07, 6.45) is 3.77. The number of amides is 1. The molecule has 0 atom stereocenters. The summed E-state index contributed by atoms with van der Waals surface area (Å²) >= 11 is 0. The van der Waals surface area contributed by atoms with Crippen LogP contribution in [0.15, 0.2) is 48.7 Å². The average molecular weight is 352 g/mol. The molecule has 0 aliphatic heterocycles. The normalized spacial score (nSPS) is 11.2. The summed E-state index contributed by atoms with van der Waals surface area (Å²) in [5.74, 6) is 0.320. The first-order valence-electron chi connectivity index (χ1n) is 9.14. The van der Waals surface area contributed by atoms with Crippen LogP contribution in [-0.4, -0.2) is 17.4 Å². The van der Waals surface area contributed by atoms with Gasteiger partial charge in [0, 0.05) is 30.1 Å². The smallest absolute Gasteiger partial charge is 0.220 e. The van der Waals surface area contributed by atoms with Gasteiger partial charge >= 0.3 is 0 Å². The Bertz CT molecular complexity index is 881. The van der Waals surface area contributed by atoms with E-state index in [-0.39, 0.29) is 11.7 Å². The Morgan fingerprint density at radius 3 is 2.62 bits per heavy atom. The molecule has 4 heteroatoms. The standard InChI is InChI=1S/C22H25FN2O/c1-15(2)17-6-3-16(4-7-17)5-10-22(26)24-12-11-18-14-25-21-9-8-19(23)13-20(18)21/h3-4,6-9,13-15,25H,5,10-12H2,1-2H3,(H,24,26). The van der Waals surface area contributed by atoms with E-state index in [2.05, 4.69) is 48.4 Å². The van der Waals surface area contributed by atoms with Crippen molar-refractivity contribution in [1.82, 2.24) is 10.3 Å². The van der Waals surface area contributed by atoms with Crippen molar-refractivity contribution in [2.24, 2.45) is 0 Å². The second kappa shape index (κ2) is 8.17. The number of halogens is 1. The number of carbonyl (C=O) groups is 1. The van der Waals surface area contributed by atoms with Gasteiger partial charge in [0.25, 0.3) is 0 Å². The third-order valence-corrected chi connectivity index (χ3v) is 4.73. The number of fused-ring (bicyclic) bond motifs is 1. The predicted molar refractivity (Wildman–Crippen MR) is 104 cm³/mol. The van der Waals surface area contributed by atoms with Crippen molar-refractivity contribution in [1.29, 1.82) is 0 Å². The Balaban J connectivity index is 1.46. The van der Waals surface area contributed by atoms with E-state index < -0.39 is 0 Å². The van der Waals surface area contributed by atoms with Gasteiger partial charge < -0.3 is 10.3 Å². The molecule has 0 unspecified atom stereocenters. The number of carbonyl (C=O) groups excluding carboxylic acids is 1. The van der Waals surface area contributed by atoms with Crippen molar-refractivity contribution in [3.05, 3.63) is 71.2 Å². The fraction of sp³-hybridized carbons (Fsp3) is 0.318. The molecule has 1 aromatic heterocycles. The van der Waals surface area contributed by atoms with E-state index in [4.69, 9.17) is 0 Å². The molecule has 26 heavy (non-hydrogen) atoms. The van der Waals surface area contributed by atoms with Gasteiger partial charge in [-0.05, 0) is 53.6 Å². The van der Waals surface area contributed by atoms with E-state index in [0.29, 0.717) is 25.3 Å².